The normalized spacial score (nSPS) is 9.77. The molecule has 0 aliphatic heterocycles. The van der Waals surface area contributed by atoms with Crippen LogP contribution in [0.25, 0.3) is 11.1 Å². The molecule has 0 radical (unpaired) electrons. The number of unbranched alkanes of at least 4 members (excludes halogenated alkanes) is 1. The van der Waals surface area contributed by atoms with E-state index in [4.69, 9.17) is 9.53 Å². The number of rotatable bonds is 6. The second-order valence-electron chi connectivity index (χ2n) is 5.08. The van der Waals surface area contributed by atoms with Crippen molar-refractivity contribution in [1.82, 2.24) is 0 Å². The lowest BCUT2D eigenvalue weighted by atomic mass is 9.93. The van der Waals surface area contributed by atoms with Crippen molar-refractivity contribution in [2.75, 3.05) is 7.11 Å². The molecule has 2 aromatic carbocycles. The van der Waals surface area contributed by atoms with Gasteiger partial charge in [0.25, 0.3) is 0 Å². The van der Waals surface area contributed by atoms with Gasteiger partial charge in [-0.15, -0.1) is 0 Å². The molecule has 2 rings (SSSR count). The summed E-state index contributed by atoms with van der Waals surface area (Å²) in [5.74, 6) is 0. The first-order valence-electron chi connectivity index (χ1n) is 7.83. The molecule has 0 saturated carbocycles. The van der Waals surface area contributed by atoms with E-state index in [1.807, 2.05) is 0 Å². The van der Waals surface area contributed by atoms with Crippen LogP contribution in [0.3, 0.4) is 0 Å². The molecule has 0 fully saturated rings. The third-order valence-electron chi connectivity index (χ3n) is 3.45. The molecule has 0 unspecified atom stereocenters. The maximum atomic E-state index is 8.81. The van der Waals surface area contributed by atoms with E-state index in [0.29, 0.717) is 6.61 Å². The fourth-order valence-corrected chi connectivity index (χ4v) is 2.44. The Morgan fingerprint density at radius 1 is 1.05 bits per heavy atom. The highest BCUT2D eigenvalue weighted by atomic mass is 16.5. The number of benzene rings is 2. The minimum atomic E-state index is 0.685. The largest absolute Gasteiger partial charge is 0.380 e. The molecule has 118 valence electrons. The Labute approximate surface area is 134 Å². The van der Waals surface area contributed by atoms with Gasteiger partial charge in [-0.25, -0.2) is 0 Å². The zero-order valence-electron chi connectivity index (χ0n) is 13.8. The van der Waals surface area contributed by atoms with Crippen LogP contribution in [0.5, 0.6) is 0 Å². The monoisotopic (exact) mass is 298 g/mol. The molecule has 2 heteroatoms. The zero-order valence-corrected chi connectivity index (χ0v) is 13.8. The lowest BCUT2D eigenvalue weighted by Gasteiger charge is -2.14. The van der Waals surface area contributed by atoms with Crippen molar-refractivity contribution in [2.24, 2.45) is 0 Å². The van der Waals surface area contributed by atoms with E-state index >= 15 is 0 Å². The van der Waals surface area contributed by atoms with Gasteiger partial charge in [0.15, 0.2) is 0 Å². The maximum absolute atomic E-state index is 8.81. The van der Waals surface area contributed by atoms with Gasteiger partial charge < -0.3 is 9.53 Å². The zero-order chi connectivity index (χ0) is 16.2. The van der Waals surface area contributed by atoms with Crippen LogP contribution in [0, 0.1) is 0 Å². The lowest BCUT2D eigenvalue weighted by Crippen LogP contribution is -1.99. The molecule has 2 aromatic rings. The Kier molecular flexibility index (Phi) is 8.85. The predicted octanol–water partition coefficient (Wildman–Crippen LogP) is 5.05. The molecule has 0 saturated heterocycles. The number of hydrogen-bond acceptors (Lipinski definition) is 2. The summed E-state index contributed by atoms with van der Waals surface area (Å²) in [6.07, 6.45) is 4.34. The molecule has 0 aliphatic rings. The summed E-state index contributed by atoms with van der Waals surface area (Å²) in [6.45, 7) is 4.36. The average molecular weight is 298 g/mol. The fraction of sp³-hybridized carbons (Fsp3) is 0.350. The molecule has 0 amide bonds. The highest BCUT2D eigenvalue weighted by Crippen LogP contribution is 2.27. The van der Waals surface area contributed by atoms with Crippen LogP contribution >= 0.6 is 0 Å². The number of methoxy groups -OCH3 is 1. The molecular formula is C20H26O2. The summed E-state index contributed by atoms with van der Waals surface area (Å²) in [5, 5.41) is 0. The summed E-state index contributed by atoms with van der Waals surface area (Å²) in [4.78, 5) is 8.81. The van der Waals surface area contributed by atoms with E-state index in [-0.39, 0.29) is 0 Å². The first kappa shape index (κ1) is 18.1. The predicted molar refractivity (Wildman–Crippen MR) is 92.9 cm³/mol. The van der Waals surface area contributed by atoms with Gasteiger partial charge in [0.2, 0.25) is 0 Å². The van der Waals surface area contributed by atoms with E-state index in [2.05, 4.69) is 55.5 Å². The summed E-state index contributed by atoms with van der Waals surface area (Å²) in [7, 11) is 1.77. The van der Waals surface area contributed by atoms with Crippen molar-refractivity contribution in [2.45, 2.75) is 39.7 Å². The topological polar surface area (TPSA) is 26.3 Å². The second-order valence-corrected chi connectivity index (χ2v) is 5.08. The third kappa shape index (κ3) is 5.45. The van der Waals surface area contributed by atoms with Gasteiger partial charge in [-0.1, -0.05) is 61.9 Å². The Balaban J connectivity index is 0.000000745. The summed E-state index contributed by atoms with van der Waals surface area (Å²) in [6, 6.07) is 17.1. The van der Waals surface area contributed by atoms with E-state index < -0.39 is 0 Å². The maximum Gasteiger partial charge on any atom is 0.116 e. The number of aldehydes is 1. The number of hydrogen-bond donors (Lipinski definition) is 0. The molecule has 0 atom stereocenters. The third-order valence-corrected chi connectivity index (χ3v) is 3.45. The highest BCUT2D eigenvalue weighted by Gasteiger charge is 2.09. The molecule has 0 aliphatic carbocycles. The van der Waals surface area contributed by atoms with Gasteiger partial charge in [-0.3, -0.25) is 0 Å². The number of carbonyl (C=O) groups excluding carboxylic acids is 1. The van der Waals surface area contributed by atoms with Crippen molar-refractivity contribution in [3.63, 3.8) is 0 Å². The van der Waals surface area contributed by atoms with Crippen LogP contribution < -0.4 is 0 Å². The van der Waals surface area contributed by atoms with Crippen LogP contribution in [0.1, 0.15) is 37.8 Å². The van der Waals surface area contributed by atoms with Crippen LogP contribution in [-0.2, 0) is 22.6 Å². The molecule has 0 heterocycles. The second kappa shape index (κ2) is 10.7. The minimum Gasteiger partial charge on any atom is -0.380 e. The summed E-state index contributed by atoms with van der Waals surface area (Å²) >= 11 is 0. The molecule has 0 bridgehead atoms. The van der Waals surface area contributed by atoms with Crippen LogP contribution in [0.4, 0.5) is 0 Å². The summed E-state index contributed by atoms with van der Waals surface area (Å²) in [5.41, 5.74) is 5.33. The van der Waals surface area contributed by atoms with E-state index in [0.717, 1.165) is 12.7 Å². The quantitative estimate of drug-likeness (QED) is 0.698. The van der Waals surface area contributed by atoms with Crippen LogP contribution in [-0.4, -0.2) is 13.4 Å². The molecule has 22 heavy (non-hydrogen) atoms. The van der Waals surface area contributed by atoms with Gasteiger partial charge in [-0.05, 0) is 42.0 Å². The first-order valence-corrected chi connectivity index (χ1v) is 7.83. The fourth-order valence-electron chi connectivity index (χ4n) is 2.44. The van der Waals surface area contributed by atoms with Crippen LogP contribution in [0.15, 0.2) is 48.5 Å². The molecule has 0 aromatic heterocycles. The van der Waals surface area contributed by atoms with E-state index in [1.54, 1.807) is 7.11 Å². The van der Waals surface area contributed by atoms with Gasteiger partial charge in [-0.2, -0.15) is 0 Å². The van der Waals surface area contributed by atoms with Gasteiger partial charge in [0, 0.05) is 7.11 Å². The molecule has 2 nitrogen and oxygen atoms in total. The first-order chi connectivity index (χ1) is 10.8. The van der Waals surface area contributed by atoms with E-state index in [1.165, 1.54) is 42.0 Å². The number of ether oxygens (including phenoxy) is 1. The van der Waals surface area contributed by atoms with Crippen LogP contribution in [0.2, 0.25) is 0 Å². The molecule has 0 spiro atoms. The SMILES string of the molecule is CC=O.CCCCc1cccc(-c2ccccc2)c1COC. The Bertz CT molecular complexity index is 547. The molecular weight excluding hydrogens is 272 g/mol. The van der Waals surface area contributed by atoms with Gasteiger partial charge in [0.1, 0.15) is 6.29 Å². The Morgan fingerprint density at radius 3 is 2.32 bits per heavy atom. The van der Waals surface area contributed by atoms with Crippen molar-refractivity contribution < 1.29 is 9.53 Å². The van der Waals surface area contributed by atoms with E-state index in [9.17, 15) is 0 Å². The van der Waals surface area contributed by atoms with Crippen molar-refractivity contribution in [3.05, 3.63) is 59.7 Å². The number of carbonyl (C=O) groups is 1. The smallest absolute Gasteiger partial charge is 0.116 e. The standard InChI is InChI=1S/C18H22O.C2H4O/c1-3-4-9-16-12-8-13-17(18(16)14-19-2)15-10-6-5-7-11-15;1-2-3/h5-8,10-13H,3-4,9,14H2,1-2H3;2H,1H3. The van der Waals surface area contributed by atoms with Crippen molar-refractivity contribution in [3.8, 4) is 11.1 Å². The summed E-state index contributed by atoms with van der Waals surface area (Å²) < 4.78 is 5.41. The average Bonchev–Trinajstić information content (AvgIpc) is 2.55. The highest BCUT2D eigenvalue weighted by molar-refractivity contribution is 5.68. The van der Waals surface area contributed by atoms with Crippen molar-refractivity contribution in [1.29, 1.82) is 0 Å². The van der Waals surface area contributed by atoms with Crippen molar-refractivity contribution >= 4 is 6.29 Å². The molecule has 0 N–H and O–H groups in total. The van der Waals surface area contributed by atoms with Gasteiger partial charge in [0.05, 0.1) is 6.61 Å². The minimum absolute atomic E-state index is 0.685. The number of aryl methyl sites for hydroxylation is 1. The Morgan fingerprint density at radius 2 is 1.73 bits per heavy atom. The Hall–Kier alpha value is -1.93. The lowest BCUT2D eigenvalue weighted by molar-refractivity contribution is -0.106. The van der Waals surface area contributed by atoms with Gasteiger partial charge >= 0.3 is 0 Å².